The number of hydrogen-bond donors (Lipinski definition) is 2. The van der Waals surface area contributed by atoms with Crippen LogP contribution in [0.25, 0.3) is 0 Å². The predicted molar refractivity (Wildman–Crippen MR) is 112 cm³/mol. The predicted octanol–water partition coefficient (Wildman–Crippen LogP) is 0.754. The number of carbonyl (C=O) groups is 1. The van der Waals surface area contributed by atoms with Crippen molar-refractivity contribution in [3.8, 4) is 5.75 Å². The summed E-state index contributed by atoms with van der Waals surface area (Å²) in [5.41, 5.74) is 1.44. The molecule has 3 rings (SSSR count). The fourth-order valence-corrected chi connectivity index (χ4v) is 4.94. The van der Waals surface area contributed by atoms with Crippen molar-refractivity contribution in [1.82, 2.24) is 4.31 Å². The Morgan fingerprint density at radius 2 is 1.72 bits per heavy atom. The van der Waals surface area contributed by atoms with Gasteiger partial charge in [-0.05, 0) is 24.6 Å². The van der Waals surface area contributed by atoms with Crippen LogP contribution in [0.4, 0.5) is 5.69 Å². The van der Waals surface area contributed by atoms with E-state index in [0.29, 0.717) is 50.8 Å². The Labute approximate surface area is 172 Å². The van der Waals surface area contributed by atoms with Crippen LogP contribution >= 0.6 is 0 Å². The van der Waals surface area contributed by atoms with Crippen LogP contribution in [0.3, 0.4) is 0 Å². The standard InChI is InChI=1S/C21H27N3O4S/c1-2-28-20-11-7-6-10-19(20)22-21(25)16-23-12-14-24(15-13-23)29(26,27)17-18-8-4-3-5-9-18/h3-11H,2,12-17H2,1H3,(H,22,25)/p+1. The SMILES string of the molecule is CCOc1ccccc1NC(=O)C[NH+]1CCN(S(=O)(=O)Cc2ccccc2)CC1. The van der Waals surface area contributed by atoms with Crippen LogP contribution in [0.15, 0.2) is 54.6 Å². The van der Waals surface area contributed by atoms with Gasteiger partial charge in [-0.15, -0.1) is 0 Å². The van der Waals surface area contributed by atoms with Crippen molar-refractivity contribution in [2.24, 2.45) is 0 Å². The van der Waals surface area contributed by atoms with E-state index in [1.807, 2.05) is 61.5 Å². The molecule has 0 spiro atoms. The van der Waals surface area contributed by atoms with E-state index in [4.69, 9.17) is 4.74 Å². The highest BCUT2D eigenvalue weighted by atomic mass is 32.2. The molecule has 0 aliphatic carbocycles. The first kappa shape index (κ1) is 21.3. The van der Waals surface area contributed by atoms with Gasteiger partial charge in [0.2, 0.25) is 10.0 Å². The number of sulfonamides is 1. The average Bonchev–Trinajstić information content (AvgIpc) is 2.70. The van der Waals surface area contributed by atoms with Gasteiger partial charge in [-0.3, -0.25) is 4.79 Å². The minimum absolute atomic E-state index is 0.0118. The molecule has 0 unspecified atom stereocenters. The summed E-state index contributed by atoms with van der Waals surface area (Å²) < 4.78 is 32.4. The van der Waals surface area contributed by atoms with E-state index in [9.17, 15) is 13.2 Å². The number of amides is 1. The maximum absolute atomic E-state index is 12.6. The molecule has 2 N–H and O–H groups in total. The molecule has 0 bridgehead atoms. The Balaban J connectivity index is 1.50. The molecule has 1 saturated heterocycles. The Kier molecular flexibility index (Phi) is 7.24. The second-order valence-electron chi connectivity index (χ2n) is 7.04. The molecule has 29 heavy (non-hydrogen) atoms. The van der Waals surface area contributed by atoms with Crippen molar-refractivity contribution < 1.29 is 22.8 Å². The van der Waals surface area contributed by atoms with Crippen LogP contribution in [-0.4, -0.2) is 58.0 Å². The molecule has 0 radical (unpaired) electrons. The summed E-state index contributed by atoms with van der Waals surface area (Å²) in [6.07, 6.45) is 0. The van der Waals surface area contributed by atoms with Crippen molar-refractivity contribution >= 4 is 21.6 Å². The number of carbonyl (C=O) groups excluding carboxylic acids is 1. The van der Waals surface area contributed by atoms with E-state index in [1.54, 1.807) is 0 Å². The number of benzene rings is 2. The summed E-state index contributed by atoms with van der Waals surface area (Å²) in [7, 11) is -3.35. The van der Waals surface area contributed by atoms with Gasteiger partial charge >= 0.3 is 0 Å². The van der Waals surface area contributed by atoms with Crippen molar-refractivity contribution in [2.45, 2.75) is 12.7 Å². The van der Waals surface area contributed by atoms with Gasteiger partial charge in [-0.1, -0.05) is 42.5 Å². The number of nitrogens with one attached hydrogen (secondary N) is 2. The highest BCUT2D eigenvalue weighted by Crippen LogP contribution is 2.23. The van der Waals surface area contributed by atoms with E-state index < -0.39 is 10.0 Å². The van der Waals surface area contributed by atoms with Crippen LogP contribution in [0.5, 0.6) is 5.75 Å². The second kappa shape index (κ2) is 9.87. The second-order valence-corrected chi connectivity index (χ2v) is 9.01. The van der Waals surface area contributed by atoms with Crippen molar-refractivity contribution in [3.63, 3.8) is 0 Å². The fourth-order valence-electron chi connectivity index (χ4n) is 3.41. The van der Waals surface area contributed by atoms with E-state index in [0.717, 1.165) is 10.5 Å². The molecule has 2 aromatic carbocycles. The number of para-hydroxylation sites is 2. The summed E-state index contributed by atoms with van der Waals surface area (Å²) in [6, 6.07) is 16.5. The Morgan fingerprint density at radius 3 is 2.41 bits per heavy atom. The number of ether oxygens (including phenoxy) is 1. The summed E-state index contributed by atoms with van der Waals surface area (Å²) in [6.45, 7) is 4.78. The average molecular weight is 419 g/mol. The van der Waals surface area contributed by atoms with E-state index in [-0.39, 0.29) is 11.7 Å². The molecule has 1 fully saturated rings. The first-order valence-electron chi connectivity index (χ1n) is 9.85. The minimum atomic E-state index is -3.35. The maximum Gasteiger partial charge on any atom is 0.279 e. The van der Waals surface area contributed by atoms with Gasteiger partial charge in [0.15, 0.2) is 6.54 Å². The van der Waals surface area contributed by atoms with Gasteiger partial charge in [0.1, 0.15) is 5.75 Å². The zero-order valence-electron chi connectivity index (χ0n) is 16.6. The summed E-state index contributed by atoms with van der Waals surface area (Å²) in [5.74, 6) is 0.556. The van der Waals surface area contributed by atoms with Gasteiger partial charge in [0, 0.05) is 0 Å². The zero-order chi connectivity index (χ0) is 20.7. The minimum Gasteiger partial charge on any atom is -0.492 e. The lowest BCUT2D eigenvalue weighted by Gasteiger charge is -2.31. The normalized spacial score (nSPS) is 15.8. The van der Waals surface area contributed by atoms with Gasteiger partial charge in [0.25, 0.3) is 5.91 Å². The first-order chi connectivity index (χ1) is 14.0. The van der Waals surface area contributed by atoms with Gasteiger partial charge in [-0.2, -0.15) is 4.31 Å². The molecule has 2 aromatic rings. The quantitative estimate of drug-likeness (QED) is 0.663. The number of quaternary nitrogens is 1. The molecular weight excluding hydrogens is 390 g/mol. The summed E-state index contributed by atoms with van der Waals surface area (Å²) in [4.78, 5) is 13.5. The topological polar surface area (TPSA) is 80.2 Å². The summed E-state index contributed by atoms with van der Waals surface area (Å²) >= 11 is 0. The molecule has 8 heteroatoms. The molecule has 1 aliphatic rings. The molecule has 0 aromatic heterocycles. The molecule has 7 nitrogen and oxygen atoms in total. The lowest BCUT2D eigenvalue weighted by Crippen LogP contribution is -3.15. The van der Waals surface area contributed by atoms with Gasteiger partial charge in [-0.25, -0.2) is 8.42 Å². The summed E-state index contributed by atoms with van der Waals surface area (Å²) in [5, 5.41) is 2.90. The monoisotopic (exact) mass is 418 g/mol. The largest absolute Gasteiger partial charge is 0.492 e. The maximum atomic E-state index is 12.6. The van der Waals surface area contributed by atoms with Crippen LogP contribution in [0, 0.1) is 0 Å². The van der Waals surface area contributed by atoms with Crippen LogP contribution in [0.2, 0.25) is 0 Å². The van der Waals surface area contributed by atoms with Crippen LogP contribution in [0.1, 0.15) is 12.5 Å². The third-order valence-corrected chi connectivity index (χ3v) is 6.74. The van der Waals surface area contributed by atoms with Crippen molar-refractivity contribution in [1.29, 1.82) is 0 Å². The van der Waals surface area contributed by atoms with Crippen molar-refractivity contribution in [2.75, 3.05) is 44.6 Å². The van der Waals surface area contributed by atoms with Crippen LogP contribution < -0.4 is 15.0 Å². The Morgan fingerprint density at radius 1 is 1.07 bits per heavy atom. The lowest BCUT2D eigenvalue weighted by atomic mass is 10.2. The Hall–Kier alpha value is -2.42. The fraction of sp³-hybridized carbons (Fsp3) is 0.381. The first-order valence-corrected chi connectivity index (χ1v) is 11.5. The molecule has 1 amide bonds. The third kappa shape index (κ3) is 6.03. The highest BCUT2D eigenvalue weighted by molar-refractivity contribution is 7.88. The smallest absolute Gasteiger partial charge is 0.279 e. The molecule has 1 heterocycles. The van der Waals surface area contributed by atoms with Crippen LogP contribution in [-0.2, 0) is 20.6 Å². The molecule has 0 saturated carbocycles. The number of hydrogen-bond acceptors (Lipinski definition) is 4. The van der Waals surface area contributed by atoms with Crippen molar-refractivity contribution in [3.05, 3.63) is 60.2 Å². The highest BCUT2D eigenvalue weighted by Gasteiger charge is 2.30. The van der Waals surface area contributed by atoms with E-state index in [2.05, 4.69) is 5.32 Å². The van der Waals surface area contributed by atoms with E-state index in [1.165, 1.54) is 4.31 Å². The number of anilines is 1. The lowest BCUT2D eigenvalue weighted by molar-refractivity contribution is -0.895. The third-order valence-electron chi connectivity index (χ3n) is 4.89. The zero-order valence-corrected chi connectivity index (χ0v) is 17.5. The number of piperazine rings is 1. The molecule has 156 valence electrons. The molecular formula is C21H28N3O4S+. The van der Waals surface area contributed by atoms with Gasteiger partial charge < -0.3 is 15.0 Å². The number of nitrogens with zero attached hydrogens (tertiary/aromatic N) is 1. The number of rotatable bonds is 8. The molecule has 1 aliphatic heterocycles. The molecule has 0 atom stereocenters. The Bertz CT molecular complexity index is 911. The van der Waals surface area contributed by atoms with Gasteiger partial charge in [0.05, 0.1) is 44.2 Å². The van der Waals surface area contributed by atoms with E-state index >= 15 is 0 Å².